The van der Waals surface area contributed by atoms with Crippen LogP contribution in [0.4, 0.5) is 0 Å². The van der Waals surface area contributed by atoms with Crippen molar-refractivity contribution in [3.63, 3.8) is 0 Å². The number of aryl methyl sites for hydroxylation is 1. The summed E-state index contributed by atoms with van der Waals surface area (Å²) in [6.07, 6.45) is 5.55. The highest BCUT2D eigenvalue weighted by Gasteiger charge is 1.97. The van der Waals surface area contributed by atoms with Gasteiger partial charge >= 0.3 is 0 Å². The first-order chi connectivity index (χ1) is 6.22. The molecule has 0 fully saturated rings. The van der Waals surface area contributed by atoms with Crippen LogP contribution in [-0.2, 0) is 13.0 Å². The molecule has 3 nitrogen and oxygen atoms in total. The molecule has 0 saturated carbocycles. The Morgan fingerprint density at radius 1 is 1.69 bits per heavy atom. The summed E-state index contributed by atoms with van der Waals surface area (Å²) in [6.45, 7) is 6.82. The van der Waals surface area contributed by atoms with Crippen molar-refractivity contribution < 1.29 is 5.11 Å². The Hall–Kier alpha value is -1.09. The predicted octanol–water partition coefficient (Wildman–Crippen LogP) is 1.38. The van der Waals surface area contributed by atoms with Crippen LogP contribution in [0.5, 0.6) is 0 Å². The fourth-order valence-corrected chi connectivity index (χ4v) is 1.18. The standard InChI is InChI=1S/C10H16N2O/c1-9(2)7-12-8-10(6-11-12)4-3-5-13/h6,8,13H,1,3-5,7H2,2H3. The molecule has 0 aromatic carbocycles. The van der Waals surface area contributed by atoms with E-state index in [4.69, 9.17) is 5.11 Å². The molecule has 0 aliphatic rings. The first-order valence-corrected chi connectivity index (χ1v) is 4.49. The van der Waals surface area contributed by atoms with E-state index < -0.39 is 0 Å². The Labute approximate surface area is 78.7 Å². The van der Waals surface area contributed by atoms with Gasteiger partial charge in [-0.15, -0.1) is 0 Å². The fraction of sp³-hybridized carbons (Fsp3) is 0.500. The van der Waals surface area contributed by atoms with Crippen LogP contribution >= 0.6 is 0 Å². The summed E-state index contributed by atoms with van der Waals surface area (Å²) in [7, 11) is 0. The molecule has 72 valence electrons. The summed E-state index contributed by atoms with van der Waals surface area (Å²) in [6, 6.07) is 0. The number of allylic oxidation sites excluding steroid dienone is 1. The number of rotatable bonds is 5. The third-order valence-corrected chi connectivity index (χ3v) is 1.74. The van der Waals surface area contributed by atoms with Crippen molar-refractivity contribution in [2.75, 3.05) is 6.61 Å². The van der Waals surface area contributed by atoms with Gasteiger partial charge in [0, 0.05) is 12.8 Å². The second-order valence-corrected chi connectivity index (χ2v) is 3.33. The van der Waals surface area contributed by atoms with Gasteiger partial charge in [-0.05, 0) is 25.3 Å². The van der Waals surface area contributed by atoms with Crippen LogP contribution in [0.3, 0.4) is 0 Å². The fourth-order valence-electron chi connectivity index (χ4n) is 1.18. The molecule has 3 heteroatoms. The molecule has 0 spiro atoms. The first-order valence-electron chi connectivity index (χ1n) is 4.49. The summed E-state index contributed by atoms with van der Waals surface area (Å²) in [5.41, 5.74) is 2.27. The van der Waals surface area contributed by atoms with E-state index in [-0.39, 0.29) is 6.61 Å². The number of aliphatic hydroxyl groups excluding tert-OH is 1. The van der Waals surface area contributed by atoms with Crippen LogP contribution in [-0.4, -0.2) is 21.5 Å². The number of nitrogens with zero attached hydrogens (tertiary/aromatic N) is 2. The minimum atomic E-state index is 0.242. The minimum absolute atomic E-state index is 0.242. The SMILES string of the molecule is C=C(C)Cn1cc(CCCO)cn1. The lowest BCUT2D eigenvalue weighted by Crippen LogP contribution is -1.98. The van der Waals surface area contributed by atoms with Gasteiger partial charge in [0.25, 0.3) is 0 Å². The summed E-state index contributed by atoms with van der Waals surface area (Å²) in [5, 5.41) is 12.8. The van der Waals surface area contributed by atoms with E-state index in [1.807, 2.05) is 24.0 Å². The largest absolute Gasteiger partial charge is 0.396 e. The molecule has 0 radical (unpaired) electrons. The molecule has 0 aliphatic carbocycles. The topological polar surface area (TPSA) is 38.0 Å². The summed E-state index contributed by atoms with van der Waals surface area (Å²) in [5.74, 6) is 0. The number of aliphatic hydroxyl groups is 1. The molecular formula is C10H16N2O. The lowest BCUT2D eigenvalue weighted by atomic mass is 10.2. The average Bonchev–Trinajstić information content (AvgIpc) is 2.48. The van der Waals surface area contributed by atoms with Crippen LogP contribution in [0.2, 0.25) is 0 Å². The molecule has 1 N–H and O–H groups in total. The van der Waals surface area contributed by atoms with Crippen LogP contribution in [0.1, 0.15) is 18.9 Å². The minimum Gasteiger partial charge on any atom is -0.396 e. The maximum atomic E-state index is 8.64. The molecule has 0 unspecified atom stereocenters. The molecule has 1 aromatic heterocycles. The van der Waals surface area contributed by atoms with Gasteiger partial charge in [-0.25, -0.2) is 0 Å². The third-order valence-electron chi connectivity index (χ3n) is 1.74. The Morgan fingerprint density at radius 2 is 2.46 bits per heavy atom. The van der Waals surface area contributed by atoms with Gasteiger partial charge in [-0.1, -0.05) is 12.2 Å². The molecule has 0 saturated heterocycles. The van der Waals surface area contributed by atoms with Gasteiger partial charge in [0.2, 0.25) is 0 Å². The Bertz CT molecular complexity index is 278. The third kappa shape index (κ3) is 3.42. The highest BCUT2D eigenvalue weighted by Crippen LogP contribution is 2.03. The van der Waals surface area contributed by atoms with Crippen LogP contribution in [0, 0.1) is 0 Å². The maximum absolute atomic E-state index is 8.64. The van der Waals surface area contributed by atoms with Crippen molar-refractivity contribution in [1.29, 1.82) is 0 Å². The zero-order valence-corrected chi connectivity index (χ0v) is 8.03. The Balaban J connectivity index is 2.48. The lowest BCUT2D eigenvalue weighted by molar-refractivity contribution is 0.288. The van der Waals surface area contributed by atoms with Gasteiger partial charge in [0.1, 0.15) is 0 Å². The van der Waals surface area contributed by atoms with E-state index in [1.54, 1.807) is 0 Å². The number of aromatic nitrogens is 2. The smallest absolute Gasteiger partial charge is 0.0614 e. The van der Waals surface area contributed by atoms with Crippen molar-refractivity contribution in [2.45, 2.75) is 26.3 Å². The molecule has 0 atom stereocenters. The van der Waals surface area contributed by atoms with Gasteiger partial charge < -0.3 is 5.11 Å². The van der Waals surface area contributed by atoms with E-state index in [0.717, 1.165) is 25.0 Å². The number of hydrogen-bond donors (Lipinski definition) is 1. The first kappa shape index (κ1) is 9.99. The molecule has 0 amide bonds. The highest BCUT2D eigenvalue weighted by molar-refractivity contribution is 5.05. The zero-order chi connectivity index (χ0) is 9.68. The molecule has 1 aromatic rings. The van der Waals surface area contributed by atoms with Crippen molar-refractivity contribution in [3.05, 3.63) is 30.1 Å². The van der Waals surface area contributed by atoms with Crippen LogP contribution in [0.15, 0.2) is 24.5 Å². The second kappa shape index (κ2) is 4.82. The van der Waals surface area contributed by atoms with Crippen molar-refractivity contribution in [1.82, 2.24) is 9.78 Å². The lowest BCUT2D eigenvalue weighted by Gasteiger charge is -1.98. The van der Waals surface area contributed by atoms with E-state index in [1.165, 1.54) is 5.56 Å². The van der Waals surface area contributed by atoms with Crippen molar-refractivity contribution in [3.8, 4) is 0 Å². The summed E-state index contributed by atoms with van der Waals surface area (Å²) < 4.78 is 1.87. The average molecular weight is 180 g/mol. The molecule has 0 aliphatic heterocycles. The summed E-state index contributed by atoms with van der Waals surface area (Å²) in [4.78, 5) is 0. The second-order valence-electron chi connectivity index (χ2n) is 3.33. The van der Waals surface area contributed by atoms with E-state index in [0.29, 0.717) is 0 Å². The molecule has 1 heterocycles. The van der Waals surface area contributed by atoms with Crippen molar-refractivity contribution >= 4 is 0 Å². The molecule has 0 bridgehead atoms. The maximum Gasteiger partial charge on any atom is 0.0614 e. The highest BCUT2D eigenvalue weighted by atomic mass is 16.2. The zero-order valence-electron chi connectivity index (χ0n) is 8.03. The predicted molar refractivity (Wildman–Crippen MR) is 52.4 cm³/mol. The summed E-state index contributed by atoms with van der Waals surface area (Å²) >= 11 is 0. The Kier molecular flexibility index (Phi) is 3.71. The monoisotopic (exact) mass is 180 g/mol. The van der Waals surface area contributed by atoms with Gasteiger partial charge in [0.05, 0.1) is 12.7 Å². The van der Waals surface area contributed by atoms with E-state index in [9.17, 15) is 0 Å². The Morgan fingerprint density at radius 3 is 3.08 bits per heavy atom. The van der Waals surface area contributed by atoms with Gasteiger partial charge in [-0.2, -0.15) is 5.10 Å². The molecule has 1 rings (SSSR count). The van der Waals surface area contributed by atoms with Crippen LogP contribution < -0.4 is 0 Å². The van der Waals surface area contributed by atoms with Gasteiger partial charge in [0.15, 0.2) is 0 Å². The van der Waals surface area contributed by atoms with Crippen LogP contribution in [0.25, 0.3) is 0 Å². The normalized spacial score (nSPS) is 10.3. The van der Waals surface area contributed by atoms with Gasteiger partial charge in [-0.3, -0.25) is 4.68 Å². The number of hydrogen-bond acceptors (Lipinski definition) is 2. The quantitative estimate of drug-likeness (QED) is 0.695. The molecule has 13 heavy (non-hydrogen) atoms. The van der Waals surface area contributed by atoms with Crippen molar-refractivity contribution in [2.24, 2.45) is 0 Å². The van der Waals surface area contributed by atoms with E-state index >= 15 is 0 Å². The molecular weight excluding hydrogens is 164 g/mol. The van der Waals surface area contributed by atoms with E-state index in [2.05, 4.69) is 11.7 Å².